The predicted molar refractivity (Wildman–Crippen MR) is 70.7 cm³/mol. The van der Waals surface area contributed by atoms with Crippen molar-refractivity contribution in [2.45, 2.75) is 43.9 Å². The topological polar surface area (TPSA) is 64.9 Å². The second-order valence-corrected chi connectivity index (χ2v) is 5.37. The van der Waals surface area contributed by atoms with Crippen LogP contribution in [0.1, 0.15) is 26.2 Å². The normalized spacial score (nSPS) is 15.2. The molecule has 0 amide bonds. The molecule has 1 fully saturated rings. The van der Waals surface area contributed by atoms with Crippen LogP contribution in [-0.2, 0) is 11.3 Å². The first-order valence-electron chi connectivity index (χ1n) is 6.60. The molecule has 1 heterocycles. The van der Waals surface area contributed by atoms with Gasteiger partial charge in [-0.3, -0.25) is 0 Å². The summed E-state index contributed by atoms with van der Waals surface area (Å²) in [4.78, 5) is 0. The average Bonchev–Trinajstić information content (AvgIpc) is 3.09. The van der Waals surface area contributed by atoms with Gasteiger partial charge >= 0.3 is 0 Å². The number of hydrogen-bond acceptors (Lipinski definition) is 6. The number of ether oxygens (including phenoxy) is 1. The van der Waals surface area contributed by atoms with E-state index in [1.54, 1.807) is 11.8 Å². The Morgan fingerprint density at radius 1 is 1.50 bits per heavy atom. The smallest absolute Gasteiger partial charge is 0.209 e. The summed E-state index contributed by atoms with van der Waals surface area (Å²) in [6.45, 7) is 5.41. The minimum atomic E-state index is 0.740. The first-order chi connectivity index (χ1) is 8.90. The summed E-state index contributed by atoms with van der Waals surface area (Å²) in [5.41, 5.74) is 0. The Morgan fingerprint density at radius 3 is 3.17 bits per heavy atom. The van der Waals surface area contributed by atoms with Gasteiger partial charge in [0.2, 0.25) is 5.16 Å². The van der Waals surface area contributed by atoms with Gasteiger partial charge in [-0.25, -0.2) is 4.68 Å². The Hall–Kier alpha value is -0.660. The monoisotopic (exact) mass is 271 g/mol. The van der Waals surface area contributed by atoms with Crippen LogP contribution in [0.3, 0.4) is 0 Å². The maximum absolute atomic E-state index is 5.30. The average molecular weight is 271 g/mol. The van der Waals surface area contributed by atoms with E-state index in [4.69, 9.17) is 4.74 Å². The van der Waals surface area contributed by atoms with E-state index in [9.17, 15) is 0 Å². The molecule has 0 radical (unpaired) electrons. The molecule has 1 N–H and O–H groups in total. The lowest BCUT2D eigenvalue weighted by molar-refractivity contribution is 0.149. The highest BCUT2D eigenvalue weighted by Crippen LogP contribution is 2.18. The Balaban J connectivity index is 1.62. The summed E-state index contributed by atoms with van der Waals surface area (Å²) >= 11 is 1.70. The molecule has 0 bridgehead atoms. The summed E-state index contributed by atoms with van der Waals surface area (Å²) in [7, 11) is 0. The largest absolute Gasteiger partial charge is 0.382 e. The third-order valence-corrected chi connectivity index (χ3v) is 3.74. The quantitative estimate of drug-likeness (QED) is 0.505. The Morgan fingerprint density at radius 2 is 2.39 bits per heavy atom. The van der Waals surface area contributed by atoms with Gasteiger partial charge in [0, 0.05) is 31.6 Å². The van der Waals surface area contributed by atoms with Crippen molar-refractivity contribution in [2.75, 3.05) is 25.5 Å². The molecule has 1 aliphatic rings. The lowest BCUT2D eigenvalue weighted by Gasteiger charge is -2.05. The number of aromatic nitrogens is 4. The van der Waals surface area contributed by atoms with Gasteiger partial charge in [0.15, 0.2) is 0 Å². The molecule has 1 saturated carbocycles. The molecule has 0 unspecified atom stereocenters. The van der Waals surface area contributed by atoms with E-state index < -0.39 is 0 Å². The molecular formula is C11H21N5OS. The van der Waals surface area contributed by atoms with E-state index in [2.05, 4.69) is 20.8 Å². The Bertz CT molecular complexity index is 342. The summed E-state index contributed by atoms with van der Waals surface area (Å²) in [5.74, 6) is 0.996. The van der Waals surface area contributed by atoms with Gasteiger partial charge in [-0.15, -0.1) is 5.10 Å². The molecule has 7 heteroatoms. The van der Waals surface area contributed by atoms with Crippen LogP contribution in [0.15, 0.2) is 5.16 Å². The minimum Gasteiger partial charge on any atom is -0.382 e. The van der Waals surface area contributed by atoms with Crippen LogP contribution >= 0.6 is 11.8 Å². The molecular weight excluding hydrogens is 250 g/mol. The molecule has 0 aromatic carbocycles. The summed E-state index contributed by atoms with van der Waals surface area (Å²) in [5, 5.41) is 16.2. The fourth-order valence-corrected chi connectivity index (χ4v) is 2.39. The lowest BCUT2D eigenvalue weighted by atomic mass is 10.5. The predicted octanol–water partition coefficient (Wildman–Crippen LogP) is 0.944. The van der Waals surface area contributed by atoms with Crippen LogP contribution in [0.4, 0.5) is 0 Å². The van der Waals surface area contributed by atoms with Crippen LogP contribution in [-0.4, -0.2) is 51.8 Å². The van der Waals surface area contributed by atoms with E-state index in [1.807, 2.05) is 11.6 Å². The zero-order chi connectivity index (χ0) is 12.6. The molecule has 0 aliphatic heterocycles. The SMILES string of the molecule is CCOCCCSc1nnnn1CCNC1CC1. The van der Waals surface area contributed by atoms with Crippen molar-refractivity contribution < 1.29 is 4.74 Å². The maximum Gasteiger partial charge on any atom is 0.209 e. The van der Waals surface area contributed by atoms with E-state index >= 15 is 0 Å². The van der Waals surface area contributed by atoms with Crippen LogP contribution in [0.2, 0.25) is 0 Å². The van der Waals surface area contributed by atoms with Crippen molar-refractivity contribution >= 4 is 11.8 Å². The molecule has 0 spiro atoms. The van der Waals surface area contributed by atoms with E-state index in [1.165, 1.54) is 12.8 Å². The molecule has 6 nitrogen and oxygen atoms in total. The van der Waals surface area contributed by atoms with Gasteiger partial charge in [-0.05, 0) is 36.6 Å². The van der Waals surface area contributed by atoms with E-state index in [-0.39, 0.29) is 0 Å². The zero-order valence-electron chi connectivity index (χ0n) is 10.8. The second kappa shape index (κ2) is 7.70. The second-order valence-electron chi connectivity index (χ2n) is 4.31. The van der Waals surface area contributed by atoms with Crippen LogP contribution in [0.5, 0.6) is 0 Å². The summed E-state index contributed by atoms with van der Waals surface area (Å²) < 4.78 is 7.18. The highest BCUT2D eigenvalue weighted by atomic mass is 32.2. The number of thioether (sulfide) groups is 1. The molecule has 1 aromatic rings. The van der Waals surface area contributed by atoms with E-state index in [0.717, 1.165) is 49.7 Å². The fourth-order valence-electron chi connectivity index (χ4n) is 1.57. The van der Waals surface area contributed by atoms with E-state index in [0.29, 0.717) is 0 Å². The van der Waals surface area contributed by atoms with Gasteiger partial charge in [-0.2, -0.15) is 0 Å². The maximum atomic E-state index is 5.30. The number of nitrogens with one attached hydrogen (secondary N) is 1. The number of tetrazole rings is 1. The van der Waals surface area contributed by atoms with Gasteiger partial charge < -0.3 is 10.1 Å². The van der Waals surface area contributed by atoms with Crippen molar-refractivity contribution in [1.82, 2.24) is 25.5 Å². The highest BCUT2D eigenvalue weighted by molar-refractivity contribution is 7.99. The summed E-state index contributed by atoms with van der Waals surface area (Å²) in [6, 6.07) is 0.740. The van der Waals surface area contributed by atoms with Crippen LogP contribution in [0, 0.1) is 0 Å². The Kier molecular flexibility index (Phi) is 5.89. The first-order valence-corrected chi connectivity index (χ1v) is 7.59. The standard InChI is InChI=1S/C11H21N5OS/c1-2-17-8-3-9-18-11-13-14-15-16(11)7-6-12-10-4-5-10/h10,12H,2-9H2,1H3. The first kappa shape index (κ1) is 13.8. The number of hydrogen-bond donors (Lipinski definition) is 1. The van der Waals surface area contributed by atoms with Crippen molar-refractivity contribution in [1.29, 1.82) is 0 Å². The van der Waals surface area contributed by atoms with Crippen molar-refractivity contribution in [3.63, 3.8) is 0 Å². The molecule has 0 atom stereocenters. The van der Waals surface area contributed by atoms with Crippen molar-refractivity contribution in [2.24, 2.45) is 0 Å². The zero-order valence-corrected chi connectivity index (χ0v) is 11.7. The minimum absolute atomic E-state index is 0.740. The Labute approximate surface area is 112 Å². The molecule has 102 valence electrons. The molecule has 1 aromatic heterocycles. The number of rotatable bonds is 10. The van der Waals surface area contributed by atoms with Crippen molar-refractivity contribution in [3.05, 3.63) is 0 Å². The van der Waals surface area contributed by atoms with Gasteiger partial charge in [0.1, 0.15) is 0 Å². The van der Waals surface area contributed by atoms with Gasteiger partial charge in [0.25, 0.3) is 0 Å². The third-order valence-electron chi connectivity index (χ3n) is 2.70. The molecule has 2 rings (SSSR count). The molecule has 0 saturated heterocycles. The number of nitrogens with zero attached hydrogens (tertiary/aromatic N) is 4. The van der Waals surface area contributed by atoms with Gasteiger partial charge in [0.05, 0.1) is 6.54 Å². The van der Waals surface area contributed by atoms with Gasteiger partial charge in [-0.1, -0.05) is 11.8 Å². The highest BCUT2D eigenvalue weighted by Gasteiger charge is 2.19. The molecule has 1 aliphatic carbocycles. The summed E-state index contributed by atoms with van der Waals surface area (Å²) in [6.07, 6.45) is 3.66. The lowest BCUT2D eigenvalue weighted by Crippen LogP contribution is -2.22. The fraction of sp³-hybridized carbons (Fsp3) is 0.909. The van der Waals surface area contributed by atoms with Crippen molar-refractivity contribution in [3.8, 4) is 0 Å². The van der Waals surface area contributed by atoms with Crippen LogP contribution < -0.4 is 5.32 Å². The third kappa shape index (κ3) is 4.91. The van der Waals surface area contributed by atoms with Crippen LogP contribution in [0.25, 0.3) is 0 Å². The molecule has 18 heavy (non-hydrogen) atoms.